The van der Waals surface area contributed by atoms with E-state index in [1.807, 2.05) is 35.9 Å². The lowest BCUT2D eigenvalue weighted by atomic mass is 10.1. The monoisotopic (exact) mass is 341 g/mol. The predicted octanol–water partition coefficient (Wildman–Crippen LogP) is 0.835. The van der Waals surface area contributed by atoms with Crippen molar-refractivity contribution in [1.82, 2.24) is 25.1 Å². The lowest BCUT2D eigenvalue weighted by molar-refractivity contribution is -0.134. The van der Waals surface area contributed by atoms with Crippen molar-refractivity contribution in [2.75, 3.05) is 6.54 Å². The van der Waals surface area contributed by atoms with Crippen LogP contribution in [0.3, 0.4) is 0 Å². The second-order valence-corrected chi connectivity index (χ2v) is 6.48. The van der Waals surface area contributed by atoms with E-state index in [0.717, 1.165) is 29.7 Å². The summed E-state index contributed by atoms with van der Waals surface area (Å²) in [5.41, 5.74) is 1.93. The third kappa shape index (κ3) is 2.63. The van der Waals surface area contributed by atoms with Crippen molar-refractivity contribution in [2.45, 2.75) is 31.3 Å². The molecule has 25 heavy (non-hydrogen) atoms. The van der Waals surface area contributed by atoms with E-state index in [4.69, 9.17) is 4.98 Å². The number of aryl methyl sites for hydroxylation is 1. The normalized spacial score (nSPS) is 23.2. The van der Waals surface area contributed by atoms with Crippen molar-refractivity contribution in [3.8, 4) is 0 Å². The molecule has 0 radical (unpaired) electrons. The zero-order valence-corrected chi connectivity index (χ0v) is 13.9. The molecule has 0 saturated carbocycles. The molecule has 2 N–H and O–H groups in total. The summed E-state index contributed by atoms with van der Waals surface area (Å²) in [6.45, 7) is 0.634. The van der Waals surface area contributed by atoms with Crippen LogP contribution in [0.15, 0.2) is 24.3 Å². The van der Waals surface area contributed by atoms with E-state index in [-0.39, 0.29) is 18.4 Å². The van der Waals surface area contributed by atoms with E-state index in [1.54, 1.807) is 4.90 Å². The quantitative estimate of drug-likeness (QED) is 0.809. The zero-order chi connectivity index (χ0) is 17.6. The fraction of sp³-hybridized carbons (Fsp3) is 0.412. The first-order chi connectivity index (χ1) is 12.0. The Morgan fingerprint density at radius 2 is 2.12 bits per heavy atom. The molecule has 2 atom stereocenters. The lowest BCUT2D eigenvalue weighted by Crippen LogP contribution is -2.39. The van der Waals surface area contributed by atoms with Gasteiger partial charge in [0.15, 0.2) is 0 Å². The number of nitrogens with one attached hydrogen (secondary N) is 2. The maximum absolute atomic E-state index is 12.7. The number of nitrogens with zero attached hydrogens (tertiary/aromatic N) is 3. The number of hydrogen-bond donors (Lipinski definition) is 2. The Balaban J connectivity index is 1.57. The van der Waals surface area contributed by atoms with E-state index in [2.05, 4.69) is 10.6 Å². The Morgan fingerprint density at radius 3 is 2.84 bits per heavy atom. The third-order valence-corrected chi connectivity index (χ3v) is 4.93. The van der Waals surface area contributed by atoms with Gasteiger partial charge >= 0.3 is 6.03 Å². The highest BCUT2D eigenvalue weighted by molar-refractivity contribution is 6.05. The van der Waals surface area contributed by atoms with Gasteiger partial charge in [-0.15, -0.1) is 0 Å². The van der Waals surface area contributed by atoms with Crippen LogP contribution in [-0.4, -0.2) is 44.9 Å². The molecule has 2 fully saturated rings. The van der Waals surface area contributed by atoms with Gasteiger partial charge in [-0.2, -0.15) is 0 Å². The van der Waals surface area contributed by atoms with Crippen molar-refractivity contribution in [3.63, 3.8) is 0 Å². The van der Waals surface area contributed by atoms with Crippen molar-refractivity contribution in [1.29, 1.82) is 0 Å². The third-order valence-electron chi connectivity index (χ3n) is 4.93. The van der Waals surface area contributed by atoms with Crippen LogP contribution in [0.25, 0.3) is 11.0 Å². The van der Waals surface area contributed by atoms with E-state index in [1.165, 1.54) is 0 Å². The van der Waals surface area contributed by atoms with Crippen LogP contribution in [0.5, 0.6) is 0 Å². The van der Waals surface area contributed by atoms with E-state index in [0.29, 0.717) is 6.54 Å². The largest absolute Gasteiger partial charge is 0.332 e. The van der Waals surface area contributed by atoms with Crippen LogP contribution >= 0.6 is 0 Å². The van der Waals surface area contributed by atoms with Crippen molar-refractivity contribution in [3.05, 3.63) is 30.1 Å². The minimum Gasteiger partial charge on any atom is -0.332 e. The van der Waals surface area contributed by atoms with E-state index >= 15 is 0 Å². The number of urea groups is 1. The molecule has 8 nitrogen and oxygen atoms in total. The molecular weight excluding hydrogens is 322 g/mol. The first kappa shape index (κ1) is 15.6. The van der Waals surface area contributed by atoms with Gasteiger partial charge in [-0.1, -0.05) is 12.1 Å². The number of fused-ring (bicyclic) bond motifs is 1. The molecule has 8 heteroatoms. The summed E-state index contributed by atoms with van der Waals surface area (Å²) in [6.07, 6.45) is 1.70. The van der Waals surface area contributed by atoms with Crippen molar-refractivity contribution < 1.29 is 14.4 Å². The van der Waals surface area contributed by atoms with Gasteiger partial charge in [-0.25, -0.2) is 9.78 Å². The first-order valence-electron chi connectivity index (χ1n) is 8.37. The maximum Gasteiger partial charge on any atom is 0.322 e. The fourth-order valence-corrected chi connectivity index (χ4v) is 3.69. The fourth-order valence-electron chi connectivity index (χ4n) is 3.69. The zero-order valence-electron chi connectivity index (χ0n) is 13.9. The molecule has 3 heterocycles. The standard InChI is InChI=1S/C17H19N5O3/c1-21-12-6-3-2-5-10(12)18-15(21)13-7-4-8-22(13)14(23)9-11-16(24)20-17(25)19-11/h2-3,5-6,11,13H,4,7-9H2,1H3,(H2,19,20,24,25)/t11-,13-/m1/s1. The molecule has 0 aliphatic carbocycles. The molecular formula is C17H19N5O3. The van der Waals surface area contributed by atoms with Gasteiger partial charge in [-0.3, -0.25) is 14.9 Å². The molecule has 2 aliphatic rings. The molecule has 2 aromatic rings. The number of amides is 4. The van der Waals surface area contributed by atoms with Gasteiger partial charge < -0.3 is 14.8 Å². The molecule has 4 rings (SSSR count). The molecule has 2 saturated heterocycles. The maximum atomic E-state index is 12.7. The minimum atomic E-state index is -0.790. The number of carbonyl (C=O) groups excluding carboxylic acids is 3. The molecule has 0 bridgehead atoms. The van der Waals surface area contributed by atoms with Gasteiger partial charge in [0.25, 0.3) is 5.91 Å². The Labute approximate surface area is 144 Å². The lowest BCUT2D eigenvalue weighted by Gasteiger charge is -2.25. The minimum absolute atomic E-state index is 0.0297. The van der Waals surface area contributed by atoms with Crippen LogP contribution in [0.2, 0.25) is 0 Å². The highest BCUT2D eigenvalue weighted by Crippen LogP contribution is 2.33. The highest BCUT2D eigenvalue weighted by Gasteiger charge is 2.37. The number of carbonyl (C=O) groups is 3. The average Bonchev–Trinajstić information content (AvgIpc) is 3.26. The molecule has 130 valence electrons. The van der Waals surface area contributed by atoms with Gasteiger partial charge in [0.2, 0.25) is 5.91 Å². The van der Waals surface area contributed by atoms with E-state index < -0.39 is 18.0 Å². The van der Waals surface area contributed by atoms with Crippen LogP contribution in [0, 0.1) is 0 Å². The second kappa shape index (κ2) is 5.87. The topological polar surface area (TPSA) is 96.3 Å². The summed E-state index contributed by atoms with van der Waals surface area (Å²) < 4.78 is 2.02. The average molecular weight is 341 g/mol. The Kier molecular flexibility index (Phi) is 3.67. The number of benzene rings is 1. The molecule has 1 aromatic heterocycles. The number of rotatable bonds is 3. The van der Waals surface area contributed by atoms with Crippen molar-refractivity contribution >= 4 is 28.9 Å². The Morgan fingerprint density at radius 1 is 1.32 bits per heavy atom. The summed E-state index contributed by atoms with van der Waals surface area (Å²) >= 11 is 0. The number of para-hydroxylation sites is 2. The van der Waals surface area contributed by atoms with Crippen LogP contribution < -0.4 is 10.6 Å². The summed E-state index contributed by atoms with van der Waals surface area (Å²) in [7, 11) is 1.95. The van der Waals surface area contributed by atoms with Crippen LogP contribution in [0.1, 0.15) is 31.1 Å². The predicted molar refractivity (Wildman–Crippen MR) is 89.5 cm³/mol. The number of likely N-dealkylation sites (tertiary alicyclic amines) is 1. The number of aromatic nitrogens is 2. The molecule has 0 spiro atoms. The number of imidazole rings is 1. The highest BCUT2D eigenvalue weighted by atomic mass is 16.2. The number of hydrogen-bond acceptors (Lipinski definition) is 4. The van der Waals surface area contributed by atoms with Crippen LogP contribution in [-0.2, 0) is 16.6 Å². The van der Waals surface area contributed by atoms with Crippen molar-refractivity contribution in [2.24, 2.45) is 7.05 Å². The van der Waals surface area contributed by atoms with Gasteiger partial charge in [0.1, 0.15) is 11.9 Å². The van der Waals surface area contributed by atoms with Gasteiger partial charge in [0.05, 0.1) is 23.5 Å². The molecule has 1 aromatic carbocycles. The summed E-state index contributed by atoms with van der Waals surface area (Å²) in [5, 5.41) is 4.63. The van der Waals surface area contributed by atoms with Gasteiger partial charge in [0, 0.05) is 13.6 Å². The smallest absolute Gasteiger partial charge is 0.322 e. The SMILES string of the molecule is Cn1c([C@H]2CCCN2C(=O)C[C@H]2NC(=O)NC2=O)nc2ccccc21. The molecule has 4 amide bonds. The van der Waals surface area contributed by atoms with E-state index in [9.17, 15) is 14.4 Å². The molecule has 2 aliphatic heterocycles. The molecule has 0 unspecified atom stereocenters. The summed E-state index contributed by atoms with van der Waals surface area (Å²) in [6, 6.07) is 6.43. The Bertz CT molecular complexity index is 874. The Hall–Kier alpha value is -2.90. The number of imide groups is 1. The first-order valence-corrected chi connectivity index (χ1v) is 8.37. The summed E-state index contributed by atoms with van der Waals surface area (Å²) in [4.78, 5) is 42.1. The second-order valence-electron chi connectivity index (χ2n) is 6.48. The van der Waals surface area contributed by atoms with Gasteiger partial charge in [-0.05, 0) is 25.0 Å². The van der Waals surface area contributed by atoms with Crippen LogP contribution in [0.4, 0.5) is 4.79 Å². The summed E-state index contributed by atoms with van der Waals surface area (Å²) in [5.74, 6) is 0.265.